The lowest BCUT2D eigenvalue weighted by molar-refractivity contribution is 1.07. The third-order valence-corrected chi connectivity index (χ3v) is 22.6. The van der Waals surface area contributed by atoms with Gasteiger partial charge in [-0.2, -0.15) is 0 Å². The summed E-state index contributed by atoms with van der Waals surface area (Å²) in [6.07, 6.45) is 0. The smallest absolute Gasteiger partial charge is 0.164 e. The highest BCUT2D eigenvalue weighted by Gasteiger charge is 2.23. The Balaban J connectivity index is 0.000000145. The van der Waals surface area contributed by atoms with Gasteiger partial charge >= 0.3 is 0 Å². The SMILES string of the molecule is c1ccc(-c2cc(-c3ccc(-c4cc(-c5cccc6ccccc56)c5cc(-c6cccc7ccccc67)c6ccccc6c5n4)cc3)cc(-c3ccccc3)n2)cc1.c1ccc(-c2nc(-c3ccccc3)nc(-c3ccc(-c4cc(-c5cccc6ccccc56)c5cc(-c6cccc7ccccc67)c6ccccc6c5n4)cc3)n2)cc1. The average molecular weight is 1480 g/mol. The summed E-state index contributed by atoms with van der Waals surface area (Å²) in [4.78, 5) is 31.0. The maximum Gasteiger partial charge on any atom is 0.164 e. The zero-order valence-electron chi connectivity index (χ0n) is 63.1. The van der Waals surface area contributed by atoms with Crippen LogP contribution < -0.4 is 0 Å². The number of pyridine rings is 3. The van der Waals surface area contributed by atoms with E-state index in [-0.39, 0.29) is 0 Å². The van der Waals surface area contributed by atoms with Crippen molar-refractivity contribution in [1.82, 2.24) is 29.9 Å². The van der Waals surface area contributed by atoms with Gasteiger partial charge in [-0.15, -0.1) is 0 Å². The van der Waals surface area contributed by atoms with Gasteiger partial charge in [0.25, 0.3) is 0 Å². The van der Waals surface area contributed by atoms with E-state index in [2.05, 4.69) is 352 Å². The van der Waals surface area contributed by atoms with Crippen LogP contribution in [0.4, 0.5) is 0 Å². The van der Waals surface area contributed by atoms with Crippen molar-refractivity contribution in [2.24, 2.45) is 0 Å². The minimum absolute atomic E-state index is 0.620. The molecule has 0 saturated heterocycles. The molecule has 0 saturated carbocycles. The van der Waals surface area contributed by atoms with E-state index in [1.165, 1.54) is 92.8 Å². The van der Waals surface area contributed by atoms with Gasteiger partial charge in [-0.05, 0) is 146 Å². The number of nitrogens with zero attached hydrogens (tertiary/aromatic N) is 6. The van der Waals surface area contributed by atoms with Gasteiger partial charge in [0.15, 0.2) is 17.5 Å². The van der Waals surface area contributed by atoms with E-state index in [1.807, 2.05) is 72.8 Å². The summed E-state index contributed by atoms with van der Waals surface area (Å²) in [6, 6.07) is 151. The highest BCUT2D eigenvalue weighted by molar-refractivity contribution is 6.21. The normalized spacial score (nSPS) is 11.4. The van der Waals surface area contributed by atoms with Crippen LogP contribution in [0.5, 0.6) is 0 Å². The van der Waals surface area contributed by atoms with Crippen molar-refractivity contribution in [3.8, 4) is 135 Å². The molecule has 6 heteroatoms. The van der Waals surface area contributed by atoms with Crippen molar-refractivity contribution >= 4 is 86.4 Å². The van der Waals surface area contributed by atoms with Crippen molar-refractivity contribution in [2.45, 2.75) is 0 Å². The molecule has 0 amide bonds. The van der Waals surface area contributed by atoms with E-state index in [1.54, 1.807) is 0 Å². The second kappa shape index (κ2) is 29.6. The molecule has 4 aromatic heterocycles. The molecule has 0 unspecified atom stereocenters. The quantitative estimate of drug-likeness (QED) is 0.113. The molecule has 0 radical (unpaired) electrons. The van der Waals surface area contributed by atoms with Crippen LogP contribution in [0.25, 0.3) is 221 Å². The van der Waals surface area contributed by atoms with E-state index in [0.717, 1.165) is 111 Å². The molecule has 0 bridgehead atoms. The van der Waals surface area contributed by atoms with Gasteiger partial charge in [-0.25, -0.2) is 29.9 Å². The van der Waals surface area contributed by atoms with E-state index >= 15 is 0 Å². The zero-order chi connectivity index (χ0) is 76.8. The topological polar surface area (TPSA) is 77.3 Å². The molecule has 0 aliphatic heterocycles. The zero-order valence-corrected chi connectivity index (χ0v) is 63.1. The molecule has 0 spiro atoms. The molecule has 116 heavy (non-hydrogen) atoms. The first-order valence-electron chi connectivity index (χ1n) is 39.4. The van der Waals surface area contributed by atoms with Crippen LogP contribution in [-0.4, -0.2) is 29.9 Å². The highest BCUT2D eigenvalue weighted by atomic mass is 15.0. The molecule has 22 aromatic rings. The number of benzene rings is 18. The highest BCUT2D eigenvalue weighted by Crippen LogP contribution is 2.47. The van der Waals surface area contributed by atoms with Crippen LogP contribution >= 0.6 is 0 Å². The van der Waals surface area contributed by atoms with Crippen molar-refractivity contribution in [2.75, 3.05) is 0 Å². The van der Waals surface area contributed by atoms with Crippen molar-refractivity contribution in [3.05, 3.63) is 425 Å². The van der Waals surface area contributed by atoms with Crippen molar-refractivity contribution in [3.63, 3.8) is 0 Å². The number of fused-ring (bicyclic) bond motifs is 10. The number of aromatic nitrogens is 6. The van der Waals surface area contributed by atoms with Crippen LogP contribution in [0.2, 0.25) is 0 Å². The van der Waals surface area contributed by atoms with E-state index < -0.39 is 0 Å². The Morgan fingerprint density at radius 3 is 0.707 bits per heavy atom. The predicted molar refractivity (Wildman–Crippen MR) is 485 cm³/mol. The van der Waals surface area contributed by atoms with Gasteiger partial charge in [0.05, 0.1) is 33.8 Å². The van der Waals surface area contributed by atoms with Crippen LogP contribution in [0.1, 0.15) is 0 Å². The Morgan fingerprint density at radius 2 is 0.362 bits per heavy atom. The summed E-state index contributed by atoms with van der Waals surface area (Å²) >= 11 is 0. The minimum atomic E-state index is 0.620. The molecule has 22 rings (SSSR count). The fourth-order valence-electron chi connectivity index (χ4n) is 16.9. The Labute approximate surface area is 671 Å². The van der Waals surface area contributed by atoms with E-state index in [0.29, 0.717) is 17.5 Å². The summed E-state index contributed by atoms with van der Waals surface area (Å²) in [6.45, 7) is 0. The number of hydrogen-bond acceptors (Lipinski definition) is 6. The molecule has 0 aliphatic carbocycles. The van der Waals surface area contributed by atoms with Gasteiger partial charge in [-0.3, -0.25) is 0 Å². The first-order valence-corrected chi connectivity index (χ1v) is 39.4. The molecule has 0 atom stereocenters. The second-order valence-electron chi connectivity index (χ2n) is 29.5. The fraction of sp³-hybridized carbons (Fsp3) is 0. The standard InChI is InChI=1S/C56H36N2.C54H34N4/c1-3-17-40(18-4-1)53-33-43(34-54(57-53)41-19-5-2-6-20-41)37-29-31-42(32-30-37)55-36-51(47-28-14-22-39-16-8-10-24-45(39)47)52-35-50(48-25-11-12-26-49(48)56(52)58-55)46-27-13-21-38-15-7-9-23-44(38)46;1-3-17-38(18-4-1)52-56-53(39-19-5-2-6-20-39)58-54(57-52)40-31-29-37(30-32-40)50-34-48(44-28-14-22-36-16-8-10-24-42(36)44)49-33-47(45-25-11-12-26-46(45)51(49)55-50)43-27-13-21-35-15-7-9-23-41(35)43/h1-36H;1-34H. The van der Waals surface area contributed by atoms with Gasteiger partial charge in [0.1, 0.15) is 0 Å². The van der Waals surface area contributed by atoms with Crippen LogP contribution in [0.15, 0.2) is 425 Å². The van der Waals surface area contributed by atoms with Gasteiger partial charge in [-0.1, -0.05) is 388 Å². The lowest BCUT2D eigenvalue weighted by Crippen LogP contribution is -2.00. The molecule has 0 fully saturated rings. The maximum absolute atomic E-state index is 5.54. The van der Waals surface area contributed by atoms with Crippen LogP contribution in [-0.2, 0) is 0 Å². The van der Waals surface area contributed by atoms with Gasteiger partial charge < -0.3 is 0 Å². The summed E-state index contributed by atoms with van der Waals surface area (Å²) < 4.78 is 0. The van der Waals surface area contributed by atoms with Gasteiger partial charge in [0.2, 0.25) is 0 Å². The number of hydrogen-bond donors (Lipinski definition) is 0. The second-order valence-corrected chi connectivity index (χ2v) is 29.5. The van der Waals surface area contributed by atoms with Crippen LogP contribution in [0, 0.1) is 0 Å². The molecule has 4 heterocycles. The Hall–Kier alpha value is -15.5. The summed E-state index contributed by atoms with van der Waals surface area (Å²) in [5.41, 5.74) is 24.5. The monoisotopic (exact) mass is 1470 g/mol. The Kier molecular flexibility index (Phi) is 17.5. The molecule has 0 N–H and O–H groups in total. The summed E-state index contributed by atoms with van der Waals surface area (Å²) in [5, 5.41) is 16.7. The fourth-order valence-corrected chi connectivity index (χ4v) is 16.9. The van der Waals surface area contributed by atoms with E-state index in [4.69, 9.17) is 29.9 Å². The molecule has 540 valence electrons. The predicted octanol–water partition coefficient (Wildman–Crippen LogP) is 29.0. The lowest BCUT2D eigenvalue weighted by Gasteiger charge is -2.17. The van der Waals surface area contributed by atoms with Crippen molar-refractivity contribution < 1.29 is 0 Å². The third kappa shape index (κ3) is 12.8. The van der Waals surface area contributed by atoms with Crippen LogP contribution in [0.3, 0.4) is 0 Å². The summed E-state index contributed by atoms with van der Waals surface area (Å²) in [5.74, 6) is 1.90. The van der Waals surface area contributed by atoms with Gasteiger partial charge in [0, 0.05) is 60.5 Å². The summed E-state index contributed by atoms with van der Waals surface area (Å²) in [7, 11) is 0. The first-order chi connectivity index (χ1) is 57.5. The molecular formula is C110H70N6. The minimum Gasteiger partial charge on any atom is -0.248 e. The van der Waals surface area contributed by atoms with E-state index in [9.17, 15) is 0 Å². The molecule has 18 aromatic carbocycles. The largest absolute Gasteiger partial charge is 0.248 e. The van der Waals surface area contributed by atoms with Crippen molar-refractivity contribution in [1.29, 1.82) is 0 Å². The molecule has 6 nitrogen and oxygen atoms in total. The third-order valence-electron chi connectivity index (χ3n) is 22.6. The maximum atomic E-state index is 5.54. The Morgan fingerprint density at radius 1 is 0.121 bits per heavy atom. The number of rotatable bonds is 12. The molecular weight excluding hydrogens is 1410 g/mol. The Bertz CT molecular complexity index is 6950. The first kappa shape index (κ1) is 68.5. The lowest BCUT2D eigenvalue weighted by atomic mass is 9.88. The average Bonchev–Trinajstić information content (AvgIpc) is 0.734. The molecule has 0 aliphatic rings.